The predicted molar refractivity (Wildman–Crippen MR) is 88.0 cm³/mol. The highest BCUT2D eigenvalue weighted by Crippen LogP contribution is 2.29. The molecule has 0 radical (unpaired) electrons. The van der Waals surface area contributed by atoms with Crippen LogP contribution < -0.4 is 5.32 Å². The van der Waals surface area contributed by atoms with E-state index < -0.39 is 0 Å². The van der Waals surface area contributed by atoms with Gasteiger partial charge in [-0.05, 0) is 71.6 Å². The van der Waals surface area contributed by atoms with Gasteiger partial charge in [-0.15, -0.1) is 0 Å². The molecule has 1 unspecified atom stereocenters. The van der Waals surface area contributed by atoms with Crippen LogP contribution >= 0.6 is 15.9 Å². The lowest BCUT2D eigenvalue weighted by Crippen LogP contribution is -2.25. The summed E-state index contributed by atoms with van der Waals surface area (Å²) in [5, 5.41) is 3.62. The largest absolute Gasteiger partial charge is 0.305 e. The van der Waals surface area contributed by atoms with E-state index in [9.17, 15) is 0 Å². The molecule has 0 saturated carbocycles. The number of nitrogens with zero attached hydrogens (tertiary/aromatic N) is 1. The molecule has 0 bridgehead atoms. The number of rotatable bonds is 5. The summed E-state index contributed by atoms with van der Waals surface area (Å²) < 4.78 is 1.05. The number of benzene rings is 1. The van der Waals surface area contributed by atoms with Crippen molar-refractivity contribution in [2.24, 2.45) is 0 Å². The molecule has 106 valence electrons. The van der Waals surface area contributed by atoms with Gasteiger partial charge >= 0.3 is 0 Å². The molecule has 2 rings (SSSR count). The highest BCUT2D eigenvalue weighted by atomic mass is 79.9. The zero-order valence-electron chi connectivity index (χ0n) is 12.3. The standard InChI is InChI=1S/C17H21BrN2/c1-4-10-19-16(17-15(18)9-6-11-20-17)14-8-5-7-12(2)13(14)3/h5-9,11,16,19H,4,10H2,1-3H3. The molecule has 0 spiro atoms. The fourth-order valence-electron chi connectivity index (χ4n) is 2.34. The first-order chi connectivity index (χ1) is 9.65. The van der Waals surface area contributed by atoms with Gasteiger partial charge in [-0.3, -0.25) is 4.98 Å². The van der Waals surface area contributed by atoms with Crippen molar-refractivity contribution in [1.82, 2.24) is 10.3 Å². The molecule has 1 atom stereocenters. The molecular weight excluding hydrogens is 312 g/mol. The number of aromatic nitrogens is 1. The first kappa shape index (κ1) is 15.2. The molecule has 1 heterocycles. The molecule has 2 nitrogen and oxygen atoms in total. The van der Waals surface area contributed by atoms with Crippen LogP contribution in [0.5, 0.6) is 0 Å². The third-order valence-electron chi connectivity index (χ3n) is 3.62. The lowest BCUT2D eigenvalue weighted by molar-refractivity contribution is 0.582. The van der Waals surface area contributed by atoms with E-state index in [0.29, 0.717) is 0 Å². The number of hydrogen-bond donors (Lipinski definition) is 1. The number of hydrogen-bond acceptors (Lipinski definition) is 2. The molecule has 20 heavy (non-hydrogen) atoms. The van der Waals surface area contributed by atoms with Gasteiger partial charge in [-0.25, -0.2) is 0 Å². The van der Waals surface area contributed by atoms with Crippen LogP contribution in [0.4, 0.5) is 0 Å². The maximum absolute atomic E-state index is 4.57. The Hall–Kier alpha value is -1.19. The zero-order valence-corrected chi connectivity index (χ0v) is 13.9. The minimum atomic E-state index is 0.130. The SMILES string of the molecule is CCCNC(c1cccc(C)c1C)c1ncccc1Br. The van der Waals surface area contributed by atoms with Crippen molar-refractivity contribution < 1.29 is 0 Å². The van der Waals surface area contributed by atoms with E-state index >= 15 is 0 Å². The van der Waals surface area contributed by atoms with Gasteiger partial charge in [0.1, 0.15) is 0 Å². The van der Waals surface area contributed by atoms with Crippen molar-refractivity contribution in [3.05, 3.63) is 63.4 Å². The molecule has 3 heteroatoms. The molecule has 0 amide bonds. The van der Waals surface area contributed by atoms with Crippen molar-refractivity contribution >= 4 is 15.9 Å². The highest BCUT2D eigenvalue weighted by Gasteiger charge is 2.19. The van der Waals surface area contributed by atoms with Crippen LogP contribution in [-0.2, 0) is 0 Å². The van der Waals surface area contributed by atoms with Crippen molar-refractivity contribution in [3.8, 4) is 0 Å². The van der Waals surface area contributed by atoms with Gasteiger partial charge in [0.15, 0.2) is 0 Å². The van der Waals surface area contributed by atoms with Gasteiger partial charge in [-0.1, -0.05) is 25.1 Å². The normalized spacial score (nSPS) is 12.4. The van der Waals surface area contributed by atoms with Crippen LogP contribution in [0.3, 0.4) is 0 Å². The Balaban J connectivity index is 2.47. The molecule has 0 aliphatic heterocycles. The Morgan fingerprint density at radius 3 is 2.70 bits per heavy atom. The van der Waals surface area contributed by atoms with Crippen molar-refractivity contribution in [2.45, 2.75) is 33.2 Å². The van der Waals surface area contributed by atoms with Crippen LogP contribution in [-0.4, -0.2) is 11.5 Å². The molecule has 0 aliphatic rings. The second-order valence-electron chi connectivity index (χ2n) is 5.05. The smallest absolute Gasteiger partial charge is 0.0765 e. The zero-order chi connectivity index (χ0) is 14.5. The second-order valence-corrected chi connectivity index (χ2v) is 5.90. The van der Waals surface area contributed by atoms with Gasteiger partial charge < -0.3 is 5.32 Å². The maximum Gasteiger partial charge on any atom is 0.0765 e. The van der Waals surface area contributed by atoms with Crippen LogP contribution in [0.25, 0.3) is 0 Å². The predicted octanol–water partition coefficient (Wildman–Crippen LogP) is 4.55. The molecule has 0 fully saturated rings. The number of pyridine rings is 1. The van der Waals surface area contributed by atoms with Gasteiger partial charge in [0.2, 0.25) is 0 Å². The first-order valence-corrected chi connectivity index (χ1v) is 7.84. The van der Waals surface area contributed by atoms with Gasteiger partial charge in [0.05, 0.1) is 11.7 Å². The van der Waals surface area contributed by atoms with E-state index in [0.717, 1.165) is 23.1 Å². The minimum Gasteiger partial charge on any atom is -0.305 e. The Bertz CT molecular complexity index is 581. The molecule has 2 aromatic rings. The summed E-state index contributed by atoms with van der Waals surface area (Å²) in [4.78, 5) is 4.57. The van der Waals surface area contributed by atoms with E-state index in [2.05, 4.69) is 65.2 Å². The van der Waals surface area contributed by atoms with Crippen molar-refractivity contribution in [2.75, 3.05) is 6.54 Å². The third-order valence-corrected chi connectivity index (χ3v) is 4.29. The summed E-state index contributed by atoms with van der Waals surface area (Å²) in [7, 11) is 0. The number of nitrogens with one attached hydrogen (secondary N) is 1. The average molecular weight is 333 g/mol. The maximum atomic E-state index is 4.57. The second kappa shape index (κ2) is 7.00. The summed E-state index contributed by atoms with van der Waals surface area (Å²) in [6, 6.07) is 10.6. The number of aryl methyl sites for hydroxylation is 1. The van der Waals surface area contributed by atoms with Crippen LogP contribution in [0.2, 0.25) is 0 Å². The summed E-state index contributed by atoms with van der Waals surface area (Å²) in [5.41, 5.74) is 5.00. The average Bonchev–Trinajstić information content (AvgIpc) is 2.45. The molecule has 1 N–H and O–H groups in total. The summed E-state index contributed by atoms with van der Waals surface area (Å²) in [6.45, 7) is 7.49. The Kier molecular flexibility index (Phi) is 5.32. The minimum absolute atomic E-state index is 0.130. The quantitative estimate of drug-likeness (QED) is 0.868. The summed E-state index contributed by atoms with van der Waals surface area (Å²) >= 11 is 3.63. The topological polar surface area (TPSA) is 24.9 Å². The highest BCUT2D eigenvalue weighted by molar-refractivity contribution is 9.10. The van der Waals surface area contributed by atoms with E-state index in [1.807, 2.05) is 18.3 Å². The van der Waals surface area contributed by atoms with E-state index in [4.69, 9.17) is 0 Å². The molecule has 0 saturated heterocycles. The van der Waals surface area contributed by atoms with Gasteiger partial charge in [-0.2, -0.15) is 0 Å². The molecule has 1 aromatic heterocycles. The van der Waals surface area contributed by atoms with E-state index in [1.165, 1.54) is 16.7 Å². The Labute approximate surface area is 129 Å². The first-order valence-electron chi connectivity index (χ1n) is 7.05. The fourth-order valence-corrected chi connectivity index (χ4v) is 2.82. The molecule has 1 aromatic carbocycles. The summed E-state index contributed by atoms with van der Waals surface area (Å²) in [5.74, 6) is 0. The van der Waals surface area contributed by atoms with E-state index in [1.54, 1.807) is 0 Å². The summed E-state index contributed by atoms with van der Waals surface area (Å²) in [6.07, 6.45) is 2.96. The lowest BCUT2D eigenvalue weighted by Gasteiger charge is -2.22. The fraction of sp³-hybridized carbons (Fsp3) is 0.353. The Morgan fingerprint density at radius 1 is 1.20 bits per heavy atom. The number of halogens is 1. The van der Waals surface area contributed by atoms with E-state index in [-0.39, 0.29) is 6.04 Å². The van der Waals surface area contributed by atoms with Crippen LogP contribution in [0.15, 0.2) is 41.0 Å². The van der Waals surface area contributed by atoms with Crippen molar-refractivity contribution in [3.63, 3.8) is 0 Å². The molecular formula is C17H21BrN2. The van der Waals surface area contributed by atoms with Crippen molar-refractivity contribution in [1.29, 1.82) is 0 Å². The van der Waals surface area contributed by atoms with Gasteiger partial charge in [0.25, 0.3) is 0 Å². The molecule has 0 aliphatic carbocycles. The lowest BCUT2D eigenvalue weighted by atomic mass is 9.95. The van der Waals surface area contributed by atoms with Crippen LogP contribution in [0.1, 0.15) is 41.8 Å². The van der Waals surface area contributed by atoms with Crippen LogP contribution in [0, 0.1) is 13.8 Å². The monoisotopic (exact) mass is 332 g/mol. The van der Waals surface area contributed by atoms with Gasteiger partial charge in [0, 0.05) is 10.7 Å². The Morgan fingerprint density at radius 2 is 2.00 bits per heavy atom. The third kappa shape index (κ3) is 3.28.